The van der Waals surface area contributed by atoms with Gasteiger partial charge in [0, 0.05) is 6.54 Å². The predicted octanol–water partition coefficient (Wildman–Crippen LogP) is 2.16. The van der Waals surface area contributed by atoms with Crippen LogP contribution in [0.5, 0.6) is 0 Å². The van der Waals surface area contributed by atoms with E-state index in [1.165, 1.54) is 0 Å². The molecule has 2 aromatic carbocycles. The average molecular weight is 360 g/mol. The third-order valence-electron chi connectivity index (χ3n) is 3.91. The number of nitrogens with one attached hydrogen (secondary N) is 2. The Morgan fingerprint density at radius 2 is 1.68 bits per heavy atom. The van der Waals surface area contributed by atoms with Crippen LogP contribution in [0, 0.1) is 6.92 Å². The van der Waals surface area contributed by atoms with Gasteiger partial charge < -0.3 is 5.32 Å². The Kier molecular flexibility index (Phi) is 7.16. The minimum absolute atomic E-state index is 0.00691. The summed E-state index contributed by atoms with van der Waals surface area (Å²) in [5.74, 6) is -0.331. The number of carbonyl (C=O) groups is 1. The van der Waals surface area contributed by atoms with Gasteiger partial charge in [0.25, 0.3) is 0 Å². The van der Waals surface area contributed by atoms with E-state index in [1.807, 2.05) is 61.5 Å². The SMILES string of the molecule is Cc1ccccc1CNC(=O)CNS(=O)(=O)CCCc1ccccc1. The van der Waals surface area contributed by atoms with Gasteiger partial charge in [-0.15, -0.1) is 0 Å². The van der Waals surface area contributed by atoms with Crippen molar-refractivity contribution >= 4 is 15.9 Å². The van der Waals surface area contributed by atoms with Crippen LogP contribution in [-0.4, -0.2) is 26.6 Å². The van der Waals surface area contributed by atoms with E-state index >= 15 is 0 Å². The molecule has 0 aliphatic carbocycles. The van der Waals surface area contributed by atoms with E-state index in [2.05, 4.69) is 10.0 Å². The molecule has 25 heavy (non-hydrogen) atoms. The van der Waals surface area contributed by atoms with Crippen LogP contribution < -0.4 is 10.0 Å². The first-order valence-electron chi connectivity index (χ1n) is 8.29. The standard InChI is InChI=1S/C19H24N2O3S/c1-16-8-5-6-12-18(16)14-20-19(22)15-21-25(23,24)13-7-11-17-9-3-2-4-10-17/h2-6,8-10,12,21H,7,11,13-15H2,1H3,(H,20,22). The minimum atomic E-state index is -3.45. The molecule has 2 aromatic rings. The number of aryl methyl sites for hydroxylation is 2. The normalized spacial score (nSPS) is 11.2. The molecule has 0 heterocycles. The Labute approximate surface area is 149 Å². The van der Waals surface area contributed by atoms with E-state index in [0.717, 1.165) is 16.7 Å². The van der Waals surface area contributed by atoms with Crippen molar-refractivity contribution in [3.05, 3.63) is 71.3 Å². The topological polar surface area (TPSA) is 75.3 Å². The van der Waals surface area contributed by atoms with Gasteiger partial charge in [-0.25, -0.2) is 13.1 Å². The van der Waals surface area contributed by atoms with Crippen molar-refractivity contribution in [2.24, 2.45) is 0 Å². The number of hydrogen-bond acceptors (Lipinski definition) is 3. The zero-order valence-corrected chi connectivity index (χ0v) is 15.2. The fourth-order valence-corrected chi connectivity index (χ4v) is 3.44. The minimum Gasteiger partial charge on any atom is -0.351 e. The summed E-state index contributed by atoms with van der Waals surface area (Å²) in [6.07, 6.45) is 1.21. The van der Waals surface area contributed by atoms with Crippen molar-refractivity contribution in [2.75, 3.05) is 12.3 Å². The summed E-state index contributed by atoms with van der Waals surface area (Å²) in [5, 5.41) is 2.73. The molecule has 1 amide bonds. The molecule has 0 unspecified atom stereocenters. The quantitative estimate of drug-likeness (QED) is 0.720. The van der Waals surface area contributed by atoms with Gasteiger partial charge in [0.15, 0.2) is 0 Å². The van der Waals surface area contributed by atoms with Crippen molar-refractivity contribution in [2.45, 2.75) is 26.3 Å². The monoisotopic (exact) mass is 360 g/mol. The first kappa shape index (κ1) is 19.1. The molecule has 2 rings (SSSR count). The van der Waals surface area contributed by atoms with Crippen molar-refractivity contribution in [1.82, 2.24) is 10.0 Å². The fraction of sp³-hybridized carbons (Fsp3) is 0.316. The molecule has 0 bridgehead atoms. The van der Waals surface area contributed by atoms with Crippen molar-refractivity contribution in [3.63, 3.8) is 0 Å². The molecule has 0 atom stereocenters. The van der Waals surface area contributed by atoms with E-state index in [9.17, 15) is 13.2 Å². The number of hydrogen-bond donors (Lipinski definition) is 2. The summed E-state index contributed by atoms with van der Waals surface area (Å²) < 4.78 is 26.3. The summed E-state index contributed by atoms with van der Waals surface area (Å²) in [6.45, 7) is 2.12. The molecular formula is C19H24N2O3S. The van der Waals surface area contributed by atoms with Gasteiger partial charge in [-0.3, -0.25) is 4.79 Å². The van der Waals surface area contributed by atoms with Gasteiger partial charge in [-0.1, -0.05) is 54.6 Å². The van der Waals surface area contributed by atoms with E-state index in [0.29, 0.717) is 19.4 Å². The van der Waals surface area contributed by atoms with E-state index in [4.69, 9.17) is 0 Å². The summed E-state index contributed by atoms with van der Waals surface area (Å²) >= 11 is 0. The Balaban J connectivity index is 1.70. The van der Waals surface area contributed by atoms with Crippen molar-refractivity contribution in [1.29, 1.82) is 0 Å². The largest absolute Gasteiger partial charge is 0.351 e. The molecule has 0 aromatic heterocycles. The molecule has 0 aliphatic rings. The molecule has 0 aliphatic heterocycles. The van der Waals surface area contributed by atoms with Gasteiger partial charge in [0.2, 0.25) is 15.9 Å². The lowest BCUT2D eigenvalue weighted by atomic mass is 10.1. The molecule has 5 nitrogen and oxygen atoms in total. The Morgan fingerprint density at radius 3 is 2.40 bits per heavy atom. The second kappa shape index (κ2) is 9.34. The second-order valence-corrected chi connectivity index (χ2v) is 7.86. The van der Waals surface area contributed by atoms with Crippen LogP contribution in [0.4, 0.5) is 0 Å². The highest BCUT2D eigenvalue weighted by molar-refractivity contribution is 7.89. The Bertz CT molecular complexity index is 789. The number of rotatable bonds is 9. The van der Waals surface area contributed by atoms with Gasteiger partial charge >= 0.3 is 0 Å². The number of amides is 1. The first-order chi connectivity index (χ1) is 12.0. The smallest absolute Gasteiger partial charge is 0.235 e. The predicted molar refractivity (Wildman–Crippen MR) is 99.6 cm³/mol. The van der Waals surface area contributed by atoms with E-state index in [1.54, 1.807) is 0 Å². The van der Waals surface area contributed by atoms with Crippen LogP contribution in [0.3, 0.4) is 0 Å². The zero-order valence-electron chi connectivity index (χ0n) is 14.4. The van der Waals surface area contributed by atoms with Gasteiger partial charge in [-0.2, -0.15) is 0 Å². The molecular weight excluding hydrogens is 336 g/mol. The number of sulfonamides is 1. The van der Waals surface area contributed by atoms with Gasteiger partial charge in [-0.05, 0) is 36.5 Å². The molecule has 134 valence electrons. The third-order valence-corrected chi connectivity index (χ3v) is 5.32. The van der Waals surface area contributed by atoms with Gasteiger partial charge in [0.1, 0.15) is 0 Å². The molecule has 0 fully saturated rings. The van der Waals surface area contributed by atoms with E-state index < -0.39 is 10.0 Å². The molecule has 2 N–H and O–H groups in total. The highest BCUT2D eigenvalue weighted by Gasteiger charge is 2.12. The average Bonchev–Trinajstić information content (AvgIpc) is 2.60. The van der Waals surface area contributed by atoms with Crippen LogP contribution in [0.1, 0.15) is 23.1 Å². The summed E-state index contributed by atoms with van der Waals surface area (Å²) in [5.41, 5.74) is 3.21. The highest BCUT2D eigenvalue weighted by atomic mass is 32.2. The van der Waals surface area contributed by atoms with Crippen LogP contribution in [-0.2, 0) is 27.8 Å². The van der Waals surface area contributed by atoms with Crippen LogP contribution >= 0.6 is 0 Å². The molecule has 0 saturated heterocycles. The van der Waals surface area contributed by atoms with Crippen molar-refractivity contribution < 1.29 is 13.2 Å². The zero-order chi connectivity index (χ0) is 18.1. The maximum atomic E-state index is 12.0. The lowest BCUT2D eigenvalue weighted by Crippen LogP contribution is -2.37. The summed E-state index contributed by atoms with van der Waals surface area (Å²) in [4.78, 5) is 11.8. The highest BCUT2D eigenvalue weighted by Crippen LogP contribution is 2.06. The molecule has 6 heteroatoms. The third kappa shape index (κ3) is 7.07. The fourth-order valence-electron chi connectivity index (χ4n) is 2.42. The van der Waals surface area contributed by atoms with Crippen LogP contribution in [0.2, 0.25) is 0 Å². The van der Waals surface area contributed by atoms with Crippen molar-refractivity contribution in [3.8, 4) is 0 Å². The molecule has 0 spiro atoms. The number of carbonyl (C=O) groups excluding carboxylic acids is 1. The summed E-state index contributed by atoms with van der Waals surface area (Å²) in [7, 11) is -3.45. The Hall–Kier alpha value is -2.18. The lowest BCUT2D eigenvalue weighted by Gasteiger charge is -2.09. The Morgan fingerprint density at radius 1 is 1.00 bits per heavy atom. The maximum Gasteiger partial charge on any atom is 0.235 e. The van der Waals surface area contributed by atoms with E-state index in [-0.39, 0.29) is 18.2 Å². The second-order valence-electron chi connectivity index (χ2n) is 5.93. The first-order valence-corrected chi connectivity index (χ1v) is 9.94. The number of benzene rings is 2. The molecule has 0 radical (unpaired) electrons. The van der Waals surface area contributed by atoms with Crippen LogP contribution in [0.15, 0.2) is 54.6 Å². The molecule has 0 saturated carbocycles. The summed E-state index contributed by atoms with van der Waals surface area (Å²) in [6, 6.07) is 17.5. The maximum absolute atomic E-state index is 12.0. The van der Waals surface area contributed by atoms with Crippen LogP contribution in [0.25, 0.3) is 0 Å². The lowest BCUT2D eigenvalue weighted by molar-refractivity contribution is -0.120. The van der Waals surface area contributed by atoms with Gasteiger partial charge in [0.05, 0.1) is 12.3 Å².